The van der Waals surface area contributed by atoms with Crippen LogP contribution in [0.4, 0.5) is 24.5 Å². The van der Waals surface area contributed by atoms with E-state index in [9.17, 15) is 26.4 Å². The van der Waals surface area contributed by atoms with Crippen LogP contribution in [0.15, 0.2) is 71.6 Å². The Morgan fingerprint density at radius 3 is 2.47 bits per heavy atom. The normalized spacial score (nSPS) is 11.7. The van der Waals surface area contributed by atoms with Gasteiger partial charge in [-0.3, -0.25) is 9.52 Å². The van der Waals surface area contributed by atoms with Gasteiger partial charge >= 0.3 is 6.18 Å². The van der Waals surface area contributed by atoms with Gasteiger partial charge in [-0.05, 0) is 48.0 Å². The number of carbonyl (C=O) groups is 1. The van der Waals surface area contributed by atoms with E-state index in [1.165, 1.54) is 25.3 Å². The lowest BCUT2D eigenvalue weighted by Crippen LogP contribution is -2.27. The molecule has 192 valence electrons. The average Bonchev–Trinajstić information content (AvgIpc) is 2.83. The summed E-state index contributed by atoms with van der Waals surface area (Å²) in [6, 6.07) is 14.7. The monoisotopic (exact) mass is 541 g/mol. The van der Waals surface area contributed by atoms with Crippen molar-refractivity contribution < 1.29 is 31.1 Å². The van der Waals surface area contributed by atoms with Crippen molar-refractivity contribution in [3.8, 4) is 0 Å². The Bertz CT molecular complexity index is 1330. The van der Waals surface area contributed by atoms with Crippen molar-refractivity contribution in [2.75, 3.05) is 30.3 Å². The molecule has 0 saturated carbocycles. The smallest absolute Gasteiger partial charge is 0.383 e. The number of methoxy groups -OCH3 is 1. The molecule has 12 heteroatoms. The van der Waals surface area contributed by atoms with Crippen LogP contribution in [-0.2, 0) is 27.5 Å². The zero-order valence-electron chi connectivity index (χ0n) is 19.0. The first-order chi connectivity index (χ1) is 17.0. The van der Waals surface area contributed by atoms with Crippen LogP contribution in [-0.4, -0.2) is 34.6 Å². The second-order valence-corrected chi connectivity index (χ2v) is 9.65. The largest absolute Gasteiger partial charge is 0.416 e. The van der Waals surface area contributed by atoms with Gasteiger partial charge in [-0.25, -0.2) is 8.42 Å². The first-order valence-electron chi connectivity index (χ1n) is 10.6. The lowest BCUT2D eigenvalue weighted by molar-refractivity contribution is -0.137. The summed E-state index contributed by atoms with van der Waals surface area (Å²) in [6.45, 7) is 0.614. The third-order valence-electron chi connectivity index (χ3n) is 4.99. The highest BCUT2D eigenvalue weighted by Crippen LogP contribution is 2.32. The first-order valence-corrected chi connectivity index (χ1v) is 12.5. The quantitative estimate of drug-likeness (QED) is 0.309. The van der Waals surface area contributed by atoms with Gasteiger partial charge in [0.05, 0.1) is 17.9 Å². The van der Waals surface area contributed by atoms with Crippen LogP contribution >= 0.6 is 11.6 Å². The number of benzene rings is 3. The van der Waals surface area contributed by atoms with Gasteiger partial charge in [-0.15, -0.1) is 0 Å². The van der Waals surface area contributed by atoms with Crippen LogP contribution in [0.3, 0.4) is 0 Å². The van der Waals surface area contributed by atoms with Gasteiger partial charge < -0.3 is 15.4 Å². The highest BCUT2D eigenvalue weighted by atomic mass is 35.5. The third-order valence-corrected chi connectivity index (χ3v) is 6.78. The molecule has 7 nitrogen and oxygen atoms in total. The molecule has 3 aromatic rings. The molecule has 0 atom stereocenters. The van der Waals surface area contributed by atoms with E-state index < -0.39 is 27.7 Å². The topological polar surface area (TPSA) is 96.5 Å². The van der Waals surface area contributed by atoms with Crippen molar-refractivity contribution in [2.45, 2.75) is 17.6 Å². The molecule has 3 rings (SSSR count). The van der Waals surface area contributed by atoms with E-state index in [4.69, 9.17) is 16.3 Å². The van der Waals surface area contributed by atoms with E-state index in [-0.39, 0.29) is 41.5 Å². The molecule has 36 heavy (non-hydrogen) atoms. The molecule has 0 radical (unpaired) electrons. The fourth-order valence-electron chi connectivity index (χ4n) is 3.20. The number of ether oxygens (including phenoxy) is 1. The maximum absolute atomic E-state index is 13.3. The Hall–Kier alpha value is -3.28. The van der Waals surface area contributed by atoms with Gasteiger partial charge in [0.25, 0.3) is 15.9 Å². The van der Waals surface area contributed by atoms with E-state index >= 15 is 0 Å². The Kier molecular flexibility index (Phi) is 8.83. The van der Waals surface area contributed by atoms with Crippen molar-refractivity contribution in [3.63, 3.8) is 0 Å². The van der Waals surface area contributed by atoms with E-state index in [1.807, 2.05) is 0 Å². The maximum Gasteiger partial charge on any atom is 0.416 e. The molecule has 0 fully saturated rings. The van der Waals surface area contributed by atoms with Crippen molar-refractivity contribution in [3.05, 3.63) is 88.4 Å². The first kappa shape index (κ1) is 27.3. The number of hydrogen-bond donors (Lipinski definition) is 3. The van der Waals surface area contributed by atoms with E-state index in [0.717, 1.165) is 18.2 Å². The summed E-state index contributed by atoms with van der Waals surface area (Å²) in [4.78, 5) is 12.2. The highest BCUT2D eigenvalue weighted by molar-refractivity contribution is 7.92. The fourth-order valence-corrected chi connectivity index (χ4v) is 4.66. The van der Waals surface area contributed by atoms with E-state index in [2.05, 4.69) is 15.4 Å². The minimum Gasteiger partial charge on any atom is -0.383 e. The lowest BCUT2D eigenvalue weighted by atomic mass is 10.1. The fraction of sp³-hybridized carbons (Fsp3) is 0.208. The van der Waals surface area contributed by atoms with Crippen LogP contribution in [0.25, 0.3) is 0 Å². The molecule has 3 aromatic carbocycles. The van der Waals surface area contributed by atoms with Gasteiger partial charge in [0.2, 0.25) is 0 Å². The van der Waals surface area contributed by atoms with Gasteiger partial charge in [-0.2, -0.15) is 13.2 Å². The Morgan fingerprint density at radius 1 is 1.03 bits per heavy atom. The van der Waals surface area contributed by atoms with Crippen molar-refractivity contribution in [2.24, 2.45) is 0 Å². The van der Waals surface area contributed by atoms with Gasteiger partial charge in [-0.1, -0.05) is 35.9 Å². The third kappa shape index (κ3) is 7.12. The number of rotatable bonds is 10. The maximum atomic E-state index is 13.3. The number of alkyl halides is 3. The summed E-state index contributed by atoms with van der Waals surface area (Å²) >= 11 is 6.18. The molecule has 0 aliphatic rings. The summed E-state index contributed by atoms with van der Waals surface area (Å²) < 4.78 is 72.9. The molecular formula is C24H23ClF3N3O4S. The van der Waals surface area contributed by atoms with Gasteiger partial charge in [0, 0.05) is 36.5 Å². The van der Waals surface area contributed by atoms with E-state index in [0.29, 0.717) is 16.7 Å². The number of nitrogens with one attached hydrogen (secondary N) is 3. The van der Waals surface area contributed by atoms with Crippen molar-refractivity contribution in [1.29, 1.82) is 0 Å². The molecule has 0 spiro atoms. The van der Waals surface area contributed by atoms with Crippen LogP contribution in [0.2, 0.25) is 5.02 Å². The van der Waals surface area contributed by atoms with Crippen LogP contribution in [0, 0.1) is 0 Å². The Labute approximate surface area is 211 Å². The summed E-state index contributed by atoms with van der Waals surface area (Å²) in [5, 5.41) is 6.04. The second-order valence-electron chi connectivity index (χ2n) is 7.59. The number of amides is 1. The van der Waals surface area contributed by atoms with Crippen LogP contribution in [0.5, 0.6) is 0 Å². The SMILES string of the molecule is COCCNC(=O)c1ccc(NCc2ccccc2Cl)c(S(=O)(=O)Nc2cccc(C(F)(F)F)c2)c1. The Morgan fingerprint density at radius 2 is 1.78 bits per heavy atom. The average molecular weight is 542 g/mol. The molecule has 0 unspecified atom stereocenters. The second kappa shape index (κ2) is 11.6. The van der Waals surface area contributed by atoms with Crippen molar-refractivity contribution >= 4 is 38.9 Å². The van der Waals surface area contributed by atoms with Crippen LogP contribution in [0.1, 0.15) is 21.5 Å². The van der Waals surface area contributed by atoms with Crippen LogP contribution < -0.4 is 15.4 Å². The zero-order valence-corrected chi connectivity index (χ0v) is 20.6. The zero-order chi connectivity index (χ0) is 26.3. The number of hydrogen-bond acceptors (Lipinski definition) is 5. The molecule has 0 aromatic heterocycles. The lowest BCUT2D eigenvalue weighted by Gasteiger charge is -2.16. The molecule has 0 aliphatic carbocycles. The number of anilines is 2. The molecule has 0 heterocycles. The standard InChI is InChI=1S/C24H23ClF3N3O4S/c1-35-12-11-29-23(32)16-9-10-21(30-15-17-5-2-3-8-20(17)25)22(13-16)36(33,34)31-19-7-4-6-18(14-19)24(26,27)28/h2-10,13-14,30-31H,11-12,15H2,1H3,(H,29,32). The van der Waals surface area contributed by atoms with Crippen molar-refractivity contribution in [1.82, 2.24) is 5.32 Å². The summed E-state index contributed by atoms with van der Waals surface area (Å²) in [6.07, 6.45) is -4.65. The molecule has 3 N–H and O–H groups in total. The van der Waals surface area contributed by atoms with Gasteiger partial charge in [0.1, 0.15) is 4.90 Å². The minimum atomic E-state index is -4.65. The summed E-state index contributed by atoms with van der Waals surface area (Å²) in [5.41, 5.74) is -0.431. The molecule has 0 aliphatic heterocycles. The number of halogens is 4. The number of carbonyl (C=O) groups excluding carboxylic acids is 1. The summed E-state index contributed by atoms with van der Waals surface area (Å²) in [5.74, 6) is -0.541. The molecule has 0 bridgehead atoms. The van der Waals surface area contributed by atoms with Gasteiger partial charge in [0.15, 0.2) is 0 Å². The minimum absolute atomic E-state index is 0.0406. The summed E-state index contributed by atoms with van der Waals surface area (Å²) in [7, 11) is -2.95. The predicted molar refractivity (Wildman–Crippen MR) is 132 cm³/mol. The molecule has 0 saturated heterocycles. The van der Waals surface area contributed by atoms with E-state index in [1.54, 1.807) is 24.3 Å². The molecule has 1 amide bonds. The predicted octanol–water partition coefficient (Wildman–Crippen LogP) is 5.15. The highest BCUT2D eigenvalue weighted by Gasteiger charge is 2.31. The Balaban J connectivity index is 1.96. The number of sulfonamides is 1. The molecular weight excluding hydrogens is 519 g/mol.